The molecule has 8 heteroatoms. The van der Waals surface area contributed by atoms with Gasteiger partial charge in [-0.1, -0.05) is 35.0 Å². The smallest absolute Gasteiger partial charge is 0.251 e. The fourth-order valence-electron chi connectivity index (χ4n) is 2.74. The van der Waals surface area contributed by atoms with Crippen molar-refractivity contribution >= 4 is 11.8 Å². The fourth-order valence-corrected chi connectivity index (χ4v) is 2.74. The monoisotopic (exact) mass is 409 g/mol. The molecule has 0 spiro atoms. The summed E-state index contributed by atoms with van der Waals surface area (Å²) in [5.74, 6) is 0.725. The lowest BCUT2D eigenvalue weighted by Gasteiger charge is -2.10. The van der Waals surface area contributed by atoms with Crippen LogP contribution < -0.4 is 20.1 Å². The van der Waals surface area contributed by atoms with Crippen molar-refractivity contribution < 1.29 is 23.6 Å². The number of aromatic nitrogens is 1. The lowest BCUT2D eigenvalue weighted by Crippen LogP contribution is -2.36. The zero-order valence-corrected chi connectivity index (χ0v) is 17.0. The predicted molar refractivity (Wildman–Crippen MR) is 110 cm³/mol. The molecule has 2 aromatic carbocycles. The number of hydrogen-bond donors (Lipinski definition) is 2. The van der Waals surface area contributed by atoms with Crippen LogP contribution in [0.5, 0.6) is 11.5 Å². The van der Waals surface area contributed by atoms with Crippen LogP contribution in [0.1, 0.15) is 21.7 Å². The number of rotatable bonds is 8. The molecule has 0 unspecified atom stereocenters. The van der Waals surface area contributed by atoms with Crippen LogP contribution in [0.25, 0.3) is 11.3 Å². The van der Waals surface area contributed by atoms with Gasteiger partial charge in [-0.05, 0) is 25.1 Å². The summed E-state index contributed by atoms with van der Waals surface area (Å²) >= 11 is 0. The van der Waals surface area contributed by atoms with Gasteiger partial charge in [-0.3, -0.25) is 9.59 Å². The van der Waals surface area contributed by atoms with Gasteiger partial charge in [0, 0.05) is 17.2 Å². The number of aryl methyl sites for hydroxylation is 1. The van der Waals surface area contributed by atoms with E-state index in [1.807, 2.05) is 31.2 Å². The molecule has 0 aliphatic rings. The molecule has 2 amide bonds. The molecule has 3 rings (SSSR count). The van der Waals surface area contributed by atoms with Crippen molar-refractivity contribution in [1.29, 1.82) is 0 Å². The highest BCUT2D eigenvalue weighted by Crippen LogP contribution is 2.27. The Morgan fingerprint density at radius 2 is 1.70 bits per heavy atom. The van der Waals surface area contributed by atoms with E-state index >= 15 is 0 Å². The van der Waals surface area contributed by atoms with Crippen LogP contribution in [0, 0.1) is 6.92 Å². The number of benzene rings is 2. The summed E-state index contributed by atoms with van der Waals surface area (Å²) in [5.41, 5.74) is 3.15. The number of ether oxygens (including phenoxy) is 2. The van der Waals surface area contributed by atoms with Gasteiger partial charge in [-0.15, -0.1) is 0 Å². The van der Waals surface area contributed by atoms with Crippen LogP contribution in [0.4, 0.5) is 0 Å². The van der Waals surface area contributed by atoms with E-state index < -0.39 is 5.91 Å². The minimum Gasteiger partial charge on any atom is -0.493 e. The Hall–Kier alpha value is -3.81. The van der Waals surface area contributed by atoms with Crippen molar-refractivity contribution in [3.8, 4) is 22.8 Å². The molecule has 0 aliphatic heterocycles. The summed E-state index contributed by atoms with van der Waals surface area (Å²) < 4.78 is 15.6. The number of nitrogens with zero attached hydrogens (tertiary/aromatic N) is 1. The molecule has 0 atom stereocenters. The Morgan fingerprint density at radius 3 is 2.40 bits per heavy atom. The maximum atomic E-state index is 12.3. The van der Waals surface area contributed by atoms with Gasteiger partial charge >= 0.3 is 0 Å². The molecular weight excluding hydrogens is 386 g/mol. The van der Waals surface area contributed by atoms with Crippen molar-refractivity contribution in [1.82, 2.24) is 15.8 Å². The number of methoxy groups -OCH3 is 2. The molecule has 0 saturated heterocycles. The third-order valence-corrected chi connectivity index (χ3v) is 4.42. The third kappa shape index (κ3) is 5.16. The van der Waals surface area contributed by atoms with Gasteiger partial charge < -0.3 is 24.6 Å². The molecule has 1 heterocycles. The maximum absolute atomic E-state index is 12.3. The molecule has 0 fully saturated rings. The summed E-state index contributed by atoms with van der Waals surface area (Å²) in [6, 6.07) is 14.4. The van der Waals surface area contributed by atoms with Crippen molar-refractivity contribution in [3.63, 3.8) is 0 Å². The van der Waals surface area contributed by atoms with Crippen molar-refractivity contribution in [2.45, 2.75) is 13.5 Å². The van der Waals surface area contributed by atoms with Gasteiger partial charge in [0.25, 0.3) is 5.91 Å². The van der Waals surface area contributed by atoms with E-state index in [1.165, 1.54) is 14.2 Å². The standard InChI is InChI=1S/C22H23N3O5/c1-14-4-6-15(7-5-14)18-11-17(30-25-18)12-23-21(26)13-24-22(27)16-8-9-19(28-2)20(10-16)29-3/h4-11H,12-13H2,1-3H3,(H,23,26)(H,24,27). The van der Waals surface area contributed by atoms with Crippen LogP contribution in [-0.4, -0.2) is 37.7 Å². The third-order valence-electron chi connectivity index (χ3n) is 4.42. The molecular formula is C22H23N3O5. The first kappa shape index (κ1) is 20.9. The molecule has 0 saturated carbocycles. The summed E-state index contributed by atoms with van der Waals surface area (Å²) in [6.07, 6.45) is 0. The normalized spacial score (nSPS) is 10.4. The Bertz CT molecular complexity index is 1030. The first-order chi connectivity index (χ1) is 14.5. The second-order valence-corrected chi connectivity index (χ2v) is 6.57. The largest absolute Gasteiger partial charge is 0.493 e. The van der Waals surface area contributed by atoms with E-state index in [9.17, 15) is 9.59 Å². The first-order valence-electron chi connectivity index (χ1n) is 9.29. The van der Waals surface area contributed by atoms with Gasteiger partial charge in [-0.25, -0.2) is 0 Å². The Balaban J connectivity index is 1.49. The minimum atomic E-state index is -0.396. The molecule has 2 N–H and O–H groups in total. The van der Waals surface area contributed by atoms with Crippen molar-refractivity contribution in [2.75, 3.05) is 20.8 Å². The quantitative estimate of drug-likeness (QED) is 0.593. The zero-order chi connectivity index (χ0) is 21.5. The Morgan fingerprint density at radius 1 is 0.967 bits per heavy atom. The SMILES string of the molecule is COc1ccc(C(=O)NCC(=O)NCc2cc(-c3ccc(C)cc3)no2)cc1OC. The molecule has 0 radical (unpaired) electrons. The van der Waals surface area contributed by atoms with Gasteiger partial charge in [0.15, 0.2) is 17.3 Å². The van der Waals surface area contributed by atoms with Crippen LogP contribution in [-0.2, 0) is 11.3 Å². The summed E-state index contributed by atoms with van der Waals surface area (Å²) in [6.45, 7) is 2.01. The predicted octanol–water partition coefficient (Wildman–Crippen LogP) is 2.71. The van der Waals surface area contributed by atoms with Crippen LogP contribution >= 0.6 is 0 Å². The van der Waals surface area contributed by atoms with E-state index in [4.69, 9.17) is 14.0 Å². The number of hydrogen-bond acceptors (Lipinski definition) is 6. The van der Waals surface area contributed by atoms with Crippen LogP contribution in [0.15, 0.2) is 53.1 Å². The molecule has 0 bridgehead atoms. The second kappa shape index (κ2) is 9.60. The van der Waals surface area contributed by atoms with E-state index in [0.29, 0.717) is 28.5 Å². The highest BCUT2D eigenvalue weighted by molar-refractivity contribution is 5.97. The van der Waals surface area contributed by atoms with E-state index in [2.05, 4.69) is 15.8 Å². The van der Waals surface area contributed by atoms with E-state index in [1.54, 1.807) is 24.3 Å². The van der Waals surface area contributed by atoms with Gasteiger partial charge in [-0.2, -0.15) is 0 Å². The average Bonchev–Trinajstić information content (AvgIpc) is 3.25. The van der Waals surface area contributed by atoms with Crippen LogP contribution in [0.3, 0.4) is 0 Å². The van der Waals surface area contributed by atoms with Crippen LogP contribution in [0.2, 0.25) is 0 Å². The number of carbonyl (C=O) groups is 2. The first-order valence-corrected chi connectivity index (χ1v) is 9.29. The van der Waals surface area contributed by atoms with Gasteiger partial charge in [0.05, 0.1) is 27.3 Å². The van der Waals surface area contributed by atoms with Crippen molar-refractivity contribution in [2.24, 2.45) is 0 Å². The van der Waals surface area contributed by atoms with E-state index in [0.717, 1.165) is 11.1 Å². The summed E-state index contributed by atoms with van der Waals surface area (Å²) in [5, 5.41) is 9.28. The minimum absolute atomic E-state index is 0.171. The Kier molecular flexibility index (Phi) is 6.69. The number of amides is 2. The maximum Gasteiger partial charge on any atom is 0.251 e. The fraction of sp³-hybridized carbons (Fsp3) is 0.227. The molecule has 3 aromatic rings. The average molecular weight is 409 g/mol. The molecule has 30 heavy (non-hydrogen) atoms. The molecule has 0 aliphatic carbocycles. The molecule has 1 aromatic heterocycles. The summed E-state index contributed by atoms with van der Waals surface area (Å²) in [4.78, 5) is 24.3. The topological polar surface area (TPSA) is 103 Å². The number of nitrogens with one attached hydrogen (secondary N) is 2. The lowest BCUT2D eigenvalue weighted by atomic mass is 10.1. The molecule has 156 valence electrons. The zero-order valence-electron chi connectivity index (χ0n) is 17.0. The second-order valence-electron chi connectivity index (χ2n) is 6.57. The van der Waals surface area contributed by atoms with Crippen molar-refractivity contribution in [3.05, 3.63) is 65.4 Å². The highest BCUT2D eigenvalue weighted by atomic mass is 16.5. The molecule has 8 nitrogen and oxygen atoms in total. The van der Waals surface area contributed by atoms with Gasteiger partial charge in [0.1, 0.15) is 5.69 Å². The highest BCUT2D eigenvalue weighted by Gasteiger charge is 2.13. The Labute approximate surface area is 174 Å². The van der Waals surface area contributed by atoms with Gasteiger partial charge in [0.2, 0.25) is 5.91 Å². The van der Waals surface area contributed by atoms with E-state index in [-0.39, 0.29) is 19.0 Å². The summed E-state index contributed by atoms with van der Waals surface area (Å²) in [7, 11) is 3.00. The number of carbonyl (C=O) groups excluding carboxylic acids is 2. The lowest BCUT2D eigenvalue weighted by molar-refractivity contribution is -0.120.